The van der Waals surface area contributed by atoms with Gasteiger partial charge in [-0.15, -0.1) is 0 Å². The number of nitrogens with zero attached hydrogens (tertiary/aromatic N) is 3. The van der Waals surface area contributed by atoms with Crippen LogP contribution in [0.5, 0.6) is 0 Å². The highest BCUT2D eigenvalue weighted by Crippen LogP contribution is 2.38. The van der Waals surface area contributed by atoms with Crippen molar-refractivity contribution < 1.29 is 4.79 Å². The highest BCUT2D eigenvalue weighted by molar-refractivity contribution is 6.30. The Labute approximate surface area is 205 Å². The zero-order valence-electron chi connectivity index (χ0n) is 19.2. The van der Waals surface area contributed by atoms with Gasteiger partial charge in [-0.3, -0.25) is 9.78 Å². The summed E-state index contributed by atoms with van der Waals surface area (Å²) < 4.78 is 2.51. The van der Waals surface area contributed by atoms with Crippen LogP contribution in [0.2, 0.25) is 5.02 Å². The van der Waals surface area contributed by atoms with Gasteiger partial charge in [0, 0.05) is 71.0 Å². The second kappa shape index (κ2) is 8.92. The Hall–Kier alpha value is -3.11. The molecule has 2 aliphatic rings. The lowest BCUT2D eigenvalue weighted by Crippen LogP contribution is -2.28. The number of aromatic nitrogens is 2. The average molecular weight is 470 g/mol. The second-order valence-corrected chi connectivity index (χ2v) is 10.1. The third kappa shape index (κ3) is 4.01. The van der Waals surface area contributed by atoms with Crippen LogP contribution in [0.25, 0.3) is 10.9 Å². The van der Waals surface area contributed by atoms with E-state index in [1.807, 2.05) is 35.4 Å². The maximum atomic E-state index is 13.4. The van der Waals surface area contributed by atoms with Gasteiger partial charge in [0.2, 0.25) is 0 Å². The molecular weight excluding hydrogens is 442 g/mol. The molecule has 0 N–H and O–H groups in total. The average Bonchev–Trinajstić information content (AvgIpc) is 3.45. The molecule has 1 aliphatic carbocycles. The molecule has 0 radical (unpaired) electrons. The van der Waals surface area contributed by atoms with Gasteiger partial charge in [0.1, 0.15) is 0 Å². The van der Waals surface area contributed by atoms with Crippen LogP contribution in [0.3, 0.4) is 0 Å². The molecule has 34 heavy (non-hydrogen) atoms. The summed E-state index contributed by atoms with van der Waals surface area (Å²) in [4.78, 5) is 19.6. The Bertz CT molecular complexity index is 1330. The normalized spacial score (nSPS) is 18.4. The van der Waals surface area contributed by atoms with Crippen molar-refractivity contribution in [1.82, 2.24) is 14.5 Å². The van der Waals surface area contributed by atoms with Crippen molar-refractivity contribution in [1.29, 1.82) is 0 Å². The first kappa shape index (κ1) is 21.4. The number of fused-ring (bicyclic) bond motifs is 1. The Morgan fingerprint density at radius 3 is 2.62 bits per heavy atom. The van der Waals surface area contributed by atoms with Crippen LogP contribution in [0.4, 0.5) is 0 Å². The molecule has 2 fully saturated rings. The molecule has 0 spiro atoms. The third-order valence-electron chi connectivity index (χ3n) is 7.54. The molecule has 5 heteroatoms. The van der Waals surface area contributed by atoms with Gasteiger partial charge in [-0.25, -0.2) is 0 Å². The minimum absolute atomic E-state index is 0.129. The van der Waals surface area contributed by atoms with Crippen LogP contribution in [-0.2, 0) is 6.42 Å². The summed E-state index contributed by atoms with van der Waals surface area (Å²) in [6, 6.07) is 21.3. The molecule has 4 nitrogen and oxygen atoms in total. The van der Waals surface area contributed by atoms with Gasteiger partial charge >= 0.3 is 0 Å². The van der Waals surface area contributed by atoms with E-state index in [9.17, 15) is 4.79 Å². The van der Waals surface area contributed by atoms with E-state index in [0.29, 0.717) is 12.0 Å². The fraction of sp³-hybridized carbons (Fsp3) is 0.310. The van der Waals surface area contributed by atoms with E-state index in [0.717, 1.165) is 41.9 Å². The van der Waals surface area contributed by atoms with E-state index in [4.69, 9.17) is 11.6 Å². The predicted molar refractivity (Wildman–Crippen MR) is 137 cm³/mol. The largest absolute Gasteiger partial charge is 0.341 e. The van der Waals surface area contributed by atoms with Gasteiger partial charge in [-0.2, -0.15) is 0 Å². The number of benzene rings is 2. The minimum Gasteiger partial charge on any atom is -0.341 e. The first-order valence-corrected chi connectivity index (χ1v) is 12.6. The summed E-state index contributed by atoms with van der Waals surface area (Å²) in [5.41, 5.74) is 5.80. The van der Waals surface area contributed by atoms with Crippen molar-refractivity contribution in [3.63, 3.8) is 0 Å². The van der Waals surface area contributed by atoms with Crippen LogP contribution in [-0.4, -0.2) is 33.4 Å². The van der Waals surface area contributed by atoms with Crippen molar-refractivity contribution in [2.24, 2.45) is 0 Å². The van der Waals surface area contributed by atoms with E-state index in [2.05, 4.69) is 45.9 Å². The van der Waals surface area contributed by atoms with Crippen molar-refractivity contribution in [2.45, 2.75) is 44.1 Å². The summed E-state index contributed by atoms with van der Waals surface area (Å²) in [5.74, 6) is 0.496. The van der Waals surface area contributed by atoms with E-state index >= 15 is 0 Å². The van der Waals surface area contributed by atoms with Crippen LogP contribution in [0.1, 0.15) is 64.8 Å². The fourth-order valence-corrected chi connectivity index (χ4v) is 5.59. The lowest BCUT2D eigenvalue weighted by atomic mass is 9.92. The van der Waals surface area contributed by atoms with Crippen LogP contribution < -0.4 is 0 Å². The zero-order chi connectivity index (χ0) is 23.1. The molecule has 1 amide bonds. The number of carbonyl (C=O) groups excluding carboxylic acids is 1. The standard InChI is InChI=1S/C29H28ClN3O/c30-25-9-6-20(7-10-25)15-27-17-24-16-21(8-11-28(24)33(27)26-4-1-5-26)29(34)32-14-12-23(19-32)22-3-2-13-31-18-22/h2-3,6-11,13,16-18,23,26H,1,4-5,12,14-15,19H2. The van der Waals surface area contributed by atoms with Crippen LogP contribution in [0.15, 0.2) is 73.1 Å². The second-order valence-electron chi connectivity index (χ2n) is 9.69. The summed E-state index contributed by atoms with van der Waals surface area (Å²) in [7, 11) is 0. The Balaban J connectivity index is 1.28. The molecule has 1 saturated carbocycles. The van der Waals surface area contributed by atoms with Gasteiger partial charge in [-0.1, -0.05) is 29.8 Å². The first-order valence-electron chi connectivity index (χ1n) is 12.2. The number of hydrogen-bond acceptors (Lipinski definition) is 2. The molecule has 6 rings (SSSR count). The van der Waals surface area contributed by atoms with Crippen molar-refractivity contribution in [3.05, 3.63) is 100 Å². The van der Waals surface area contributed by atoms with Gasteiger partial charge in [0.25, 0.3) is 5.91 Å². The Kier molecular flexibility index (Phi) is 5.62. The molecule has 172 valence electrons. The number of rotatable bonds is 5. The Morgan fingerprint density at radius 2 is 1.88 bits per heavy atom. The quantitative estimate of drug-likeness (QED) is 0.328. The molecule has 1 unspecified atom stereocenters. The van der Waals surface area contributed by atoms with Gasteiger partial charge in [0.15, 0.2) is 0 Å². The molecule has 4 aromatic rings. The molecule has 1 atom stereocenters. The monoisotopic (exact) mass is 469 g/mol. The lowest BCUT2D eigenvalue weighted by Gasteiger charge is -2.30. The molecule has 2 aromatic heterocycles. The Morgan fingerprint density at radius 1 is 1.03 bits per heavy atom. The maximum absolute atomic E-state index is 13.4. The highest BCUT2D eigenvalue weighted by Gasteiger charge is 2.29. The predicted octanol–water partition coefficient (Wildman–Crippen LogP) is 6.64. The SMILES string of the molecule is O=C(c1ccc2c(c1)cc(Cc1ccc(Cl)cc1)n2C1CCC1)N1CCC(c2cccnc2)C1. The van der Waals surface area contributed by atoms with Gasteiger partial charge < -0.3 is 9.47 Å². The van der Waals surface area contributed by atoms with Crippen molar-refractivity contribution in [3.8, 4) is 0 Å². The van der Waals surface area contributed by atoms with E-state index in [1.165, 1.54) is 41.6 Å². The molecule has 1 aliphatic heterocycles. The van der Waals surface area contributed by atoms with Gasteiger partial charge in [0.05, 0.1) is 0 Å². The minimum atomic E-state index is 0.129. The fourth-order valence-electron chi connectivity index (χ4n) is 5.47. The van der Waals surface area contributed by atoms with Crippen molar-refractivity contribution >= 4 is 28.4 Å². The zero-order valence-corrected chi connectivity index (χ0v) is 19.9. The maximum Gasteiger partial charge on any atom is 0.253 e. The van der Waals surface area contributed by atoms with Crippen LogP contribution in [0, 0.1) is 0 Å². The molecule has 2 aromatic carbocycles. The number of halogens is 1. The summed E-state index contributed by atoms with van der Waals surface area (Å²) in [6.07, 6.45) is 9.31. The smallest absolute Gasteiger partial charge is 0.253 e. The van der Waals surface area contributed by atoms with E-state index in [-0.39, 0.29) is 5.91 Å². The molecular formula is C29H28ClN3O. The van der Waals surface area contributed by atoms with Crippen molar-refractivity contribution in [2.75, 3.05) is 13.1 Å². The number of pyridine rings is 1. The summed E-state index contributed by atoms with van der Waals surface area (Å²) >= 11 is 6.09. The third-order valence-corrected chi connectivity index (χ3v) is 7.79. The summed E-state index contributed by atoms with van der Waals surface area (Å²) in [6.45, 7) is 1.55. The summed E-state index contributed by atoms with van der Waals surface area (Å²) in [5, 5.41) is 1.92. The first-order chi connectivity index (χ1) is 16.7. The topological polar surface area (TPSA) is 38.1 Å². The van der Waals surface area contributed by atoms with Gasteiger partial charge in [-0.05, 0) is 79.3 Å². The number of hydrogen-bond donors (Lipinski definition) is 0. The number of likely N-dealkylation sites (tertiary alicyclic amines) is 1. The molecule has 0 bridgehead atoms. The highest BCUT2D eigenvalue weighted by atomic mass is 35.5. The molecule has 3 heterocycles. The van der Waals surface area contributed by atoms with E-state index in [1.54, 1.807) is 6.20 Å². The number of carbonyl (C=O) groups is 1. The van der Waals surface area contributed by atoms with Crippen LogP contribution >= 0.6 is 11.6 Å². The lowest BCUT2D eigenvalue weighted by molar-refractivity contribution is 0.0791. The van der Waals surface area contributed by atoms with E-state index < -0.39 is 0 Å². The number of amides is 1. The molecule has 1 saturated heterocycles.